The van der Waals surface area contributed by atoms with Gasteiger partial charge in [0.2, 0.25) is 5.91 Å². The van der Waals surface area contributed by atoms with Crippen LogP contribution in [-0.2, 0) is 16.1 Å². The Bertz CT molecular complexity index is 1490. The number of halogens is 2. The van der Waals surface area contributed by atoms with Crippen molar-refractivity contribution in [2.24, 2.45) is 0 Å². The van der Waals surface area contributed by atoms with Gasteiger partial charge in [0, 0.05) is 62.5 Å². The first-order valence-corrected chi connectivity index (χ1v) is 13.3. The Balaban J connectivity index is 1.28. The monoisotopic (exact) mass is 532 g/mol. The highest BCUT2D eigenvalue weighted by molar-refractivity contribution is 5.92. The van der Waals surface area contributed by atoms with Crippen molar-refractivity contribution in [3.8, 4) is 22.4 Å². The van der Waals surface area contributed by atoms with Gasteiger partial charge in [-0.25, -0.2) is 13.8 Å². The highest BCUT2D eigenvalue weighted by Crippen LogP contribution is 2.32. The molecule has 8 nitrogen and oxygen atoms in total. The van der Waals surface area contributed by atoms with Crippen molar-refractivity contribution >= 4 is 16.9 Å². The summed E-state index contributed by atoms with van der Waals surface area (Å²) in [5.41, 5.74) is 3.74. The summed E-state index contributed by atoms with van der Waals surface area (Å²) in [7, 11) is 0. The van der Waals surface area contributed by atoms with Crippen molar-refractivity contribution < 1.29 is 18.3 Å². The number of carbonyl (C=O) groups is 1. The minimum Gasteiger partial charge on any atom is -0.379 e. The second-order valence-corrected chi connectivity index (χ2v) is 10.2. The Morgan fingerprint density at radius 3 is 2.49 bits per heavy atom. The molecule has 6 rings (SSSR count). The van der Waals surface area contributed by atoms with Crippen molar-refractivity contribution in [1.29, 1.82) is 0 Å². The van der Waals surface area contributed by atoms with Crippen molar-refractivity contribution in [3.05, 3.63) is 66.1 Å². The van der Waals surface area contributed by atoms with Gasteiger partial charge >= 0.3 is 0 Å². The lowest BCUT2D eigenvalue weighted by atomic mass is 10.0. The average Bonchev–Trinajstić information content (AvgIpc) is 3.45. The van der Waals surface area contributed by atoms with E-state index in [4.69, 9.17) is 9.72 Å². The van der Waals surface area contributed by atoms with Gasteiger partial charge in [0.1, 0.15) is 11.6 Å². The van der Waals surface area contributed by atoms with Gasteiger partial charge in [-0.3, -0.25) is 19.4 Å². The van der Waals surface area contributed by atoms with Crippen LogP contribution >= 0.6 is 0 Å². The van der Waals surface area contributed by atoms with Crippen LogP contribution in [0.5, 0.6) is 0 Å². The summed E-state index contributed by atoms with van der Waals surface area (Å²) >= 11 is 0. The molecule has 2 fully saturated rings. The molecule has 0 bridgehead atoms. The van der Waals surface area contributed by atoms with Gasteiger partial charge in [-0.05, 0) is 36.6 Å². The van der Waals surface area contributed by atoms with Gasteiger partial charge in [-0.1, -0.05) is 12.1 Å². The summed E-state index contributed by atoms with van der Waals surface area (Å²) < 4.78 is 37.6. The average molecular weight is 533 g/mol. The second kappa shape index (κ2) is 10.8. The normalized spacial score (nSPS) is 17.2. The fourth-order valence-electron chi connectivity index (χ4n) is 5.41. The lowest BCUT2D eigenvalue weighted by Crippen LogP contribution is -2.37. The number of carbonyl (C=O) groups excluding carboxylic acids is 1. The number of piperidine rings is 1. The molecule has 2 aliphatic heterocycles. The number of aromatic nitrogens is 4. The number of rotatable bonds is 5. The molecule has 4 aromatic rings. The van der Waals surface area contributed by atoms with E-state index >= 15 is 8.78 Å². The zero-order chi connectivity index (χ0) is 26.9. The number of amides is 1. The van der Waals surface area contributed by atoms with Crippen molar-refractivity contribution in [1.82, 2.24) is 29.5 Å². The summed E-state index contributed by atoms with van der Waals surface area (Å²) in [5.74, 6) is -1.05. The fraction of sp³-hybridized carbons (Fsp3) is 0.379. The van der Waals surface area contributed by atoms with Gasteiger partial charge < -0.3 is 9.64 Å². The largest absolute Gasteiger partial charge is 0.379 e. The Kier molecular flexibility index (Phi) is 7.05. The van der Waals surface area contributed by atoms with Gasteiger partial charge in [0.05, 0.1) is 48.4 Å². The Labute approximate surface area is 225 Å². The van der Waals surface area contributed by atoms with E-state index in [0.717, 1.165) is 18.4 Å². The molecule has 0 spiro atoms. The molecule has 10 heteroatoms. The lowest BCUT2D eigenvalue weighted by molar-refractivity contribution is -0.130. The maximum atomic E-state index is 15.2. The van der Waals surface area contributed by atoms with Crippen LogP contribution in [0.4, 0.5) is 8.78 Å². The van der Waals surface area contributed by atoms with Crippen molar-refractivity contribution in [2.45, 2.75) is 32.4 Å². The van der Waals surface area contributed by atoms with E-state index in [-0.39, 0.29) is 24.1 Å². The van der Waals surface area contributed by atoms with Crippen LogP contribution in [0.3, 0.4) is 0 Å². The number of likely N-dealkylation sites (tertiary alicyclic amines) is 1. The number of hydrogen-bond donors (Lipinski definition) is 0. The third kappa shape index (κ3) is 5.26. The number of hydrogen-bond acceptors (Lipinski definition) is 6. The van der Waals surface area contributed by atoms with Crippen LogP contribution in [0.2, 0.25) is 0 Å². The van der Waals surface area contributed by atoms with Crippen LogP contribution < -0.4 is 0 Å². The molecule has 0 aliphatic carbocycles. The van der Waals surface area contributed by atoms with Crippen LogP contribution in [0.15, 0.2) is 48.9 Å². The second-order valence-electron chi connectivity index (χ2n) is 10.2. The standard InChI is InChI=1S/C29H30F2N6O2/c1-19(38)36-7-5-22(6-8-36)37-17-21(15-33-37)28-16-32-27-4-2-3-23(29(27)34-28)20-13-25(30)24(26(31)14-20)18-35-9-11-39-12-10-35/h2-4,13-17,22H,5-12,18H2,1H3. The first-order chi connectivity index (χ1) is 19.0. The first kappa shape index (κ1) is 25.5. The molecular formula is C29H30F2N6O2. The van der Waals surface area contributed by atoms with E-state index in [1.165, 1.54) is 12.1 Å². The summed E-state index contributed by atoms with van der Waals surface area (Å²) in [4.78, 5) is 24.9. The van der Waals surface area contributed by atoms with E-state index in [2.05, 4.69) is 10.1 Å². The Morgan fingerprint density at radius 1 is 1.03 bits per heavy atom. The Hall–Kier alpha value is -3.76. The number of fused-ring (bicyclic) bond motifs is 1. The van der Waals surface area contributed by atoms with Gasteiger partial charge in [0.15, 0.2) is 0 Å². The van der Waals surface area contributed by atoms with Crippen molar-refractivity contribution in [3.63, 3.8) is 0 Å². The third-order valence-electron chi connectivity index (χ3n) is 7.69. The Morgan fingerprint density at radius 2 is 1.77 bits per heavy atom. The number of nitrogens with zero attached hydrogens (tertiary/aromatic N) is 6. The van der Waals surface area contributed by atoms with Gasteiger partial charge in [-0.2, -0.15) is 5.10 Å². The smallest absolute Gasteiger partial charge is 0.219 e. The SMILES string of the molecule is CC(=O)N1CCC(n2cc(-c3cnc4cccc(-c5cc(F)c(CN6CCOCC6)c(F)c5)c4n3)cn2)CC1. The van der Waals surface area contributed by atoms with E-state index in [0.29, 0.717) is 67.2 Å². The maximum Gasteiger partial charge on any atom is 0.219 e. The number of morpholine rings is 1. The number of benzene rings is 2. The first-order valence-electron chi connectivity index (χ1n) is 13.3. The van der Waals surface area contributed by atoms with E-state index in [1.807, 2.05) is 38.9 Å². The number of ether oxygens (including phenoxy) is 1. The van der Waals surface area contributed by atoms with Gasteiger partial charge in [-0.15, -0.1) is 0 Å². The minimum absolute atomic E-state index is 0.0641. The number of para-hydroxylation sites is 1. The van der Waals surface area contributed by atoms with E-state index in [1.54, 1.807) is 19.3 Å². The van der Waals surface area contributed by atoms with Crippen LogP contribution in [0, 0.1) is 11.6 Å². The van der Waals surface area contributed by atoms with Gasteiger partial charge in [0.25, 0.3) is 0 Å². The molecule has 0 unspecified atom stereocenters. The van der Waals surface area contributed by atoms with E-state index in [9.17, 15) is 4.79 Å². The molecule has 2 saturated heterocycles. The predicted molar refractivity (Wildman–Crippen MR) is 143 cm³/mol. The molecule has 39 heavy (non-hydrogen) atoms. The predicted octanol–water partition coefficient (Wildman–Crippen LogP) is 4.45. The molecule has 1 amide bonds. The van der Waals surface area contributed by atoms with Crippen LogP contribution in [-0.4, -0.2) is 74.8 Å². The maximum absolute atomic E-state index is 15.2. The molecule has 2 aromatic heterocycles. The third-order valence-corrected chi connectivity index (χ3v) is 7.69. The quantitative estimate of drug-likeness (QED) is 0.378. The summed E-state index contributed by atoms with van der Waals surface area (Å²) in [5, 5.41) is 4.56. The molecule has 0 N–H and O–H groups in total. The summed E-state index contributed by atoms with van der Waals surface area (Å²) in [6.07, 6.45) is 7.08. The molecule has 2 aromatic carbocycles. The highest BCUT2D eigenvalue weighted by atomic mass is 19.1. The molecule has 0 atom stereocenters. The minimum atomic E-state index is -0.574. The van der Waals surface area contributed by atoms with Crippen molar-refractivity contribution in [2.75, 3.05) is 39.4 Å². The van der Waals surface area contributed by atoms with Crippen LogP contribution in [0.25, 0.3) is 33.4 Å². The fourth-order valence-corrected chi connectivity index (χ4v) is 5.41. The topological polar surface area (TPSA) is 76.4 Å². The molecule has 4 heterocycles. The lowest BCUT2D eigenvalue weighted by Gasteiger charge is -2.31. The molecular weight excluding hydrogens is 502 g/mol. The van der Waals surface area contributed by atoms with E-state index < -0.39 is 11.6 Å². The molecule has 0 saturated carbocycles. The summed E-state index contributed by atoms with van der Waals surface area (Å²) in [6.45, 7) is 5.67. The molecule has 0 radical (unpaired) electrons. The zero-order valence-electron chi connectivity index (χ0n) is 21.8. The highest BCUT2D eigenvalue weighted by Gasteiger charge is 2.23. The summed E-state index contributed by atoms with van der Waals surface area (Å²) in [6, 6.07) is 8.43. The molecule has 202 valence electrons. The van der Waals surface area contributed by atoms with Crippen LogP contribution in [0.1, 0.15) is 31.4 Å². The molecule has 2 aliphatic rings. The zero-order valence-corrected chi connectivity index (χ0v) is 21.8.